The van der Waals surface area contributed by atoms with Gasteiger partial charge in [0.1, 0.15) is 10.6 Å². The Labute approximate surface area is 120 Å². The van der Waals surface area contributed by atoms with Crippen molar-refractivity contribution < 1.29 is 9.53 Å². The van der Waals surface area contributed by atoms with Gasteiger partial charge in [-0.1, -0.05) is 11.6 Å². The molecule has 0 atom stereocenters. The first-order chi connectivity index (χ1) is 9.04. The minimum Gasteiger partial charge on any atom is -0.495 e. The number of thiophene rings is 1. The van der Waals surface area contributed by atoms with Crippen LogP contribution in [-0.4, -0.2) is 20.1 Å². The summed E-state index contributed by atoms with van der Waals surface area (Å²) in [6.45, 7) is 0. The largest absolute Gasteiger partial charge is 0.495 e. The quantitative estimate of drug-likeness (QED) is 0.885. The van der Waals surface area contributed by atoms with Crippen molar-refractivity contribution in [2.75, 3.05) is 24.8 Å². The molecule has 2 aromatic rings. The molecule has 0 aliphatic carbocycles. The highest BCUT2D eigenvalue weighted by Gasteiger charge is 2.20. The van der Waals surface area contributed by atoms with Crippen LogP contribution in [0.1, 0.15) is 9.67 Å². The molecule has 0 aliphatic rings. The molecule has 2 rings (SSSR count). The lowest BCUT2D eigenvalue weighted by molar-refractivity contribution is 0.0994. The predicted octanol–water partition coefficient (Wildman–Crippen LogP) is 3.27. The van der Waals surface area contributed by atoms with Gasteiger partial charge in [0, 0.05) is 12.1 Å². The van der Waals surface area contributed by atoms with Gasteiger partial charge in [-0.3, -0.25) is 4.79 Å². The zero-order valence-corrected chi connectivity index (χ0v) is 12.1. The summed E-state index contributed by atoms with van der Waals surface area (Å²) in [4.78, 5) is 14.4. The molecule has 0 bridgehead atoms. The number of hydrogen-bond donors (Lipinski definition) is 1. The number of ether oxygens (including phenoxy) is 1. The number of hydrogen-bond acceptors (Lipinski definition) is 4. The van der Waals surface area contributed by atoms with Gasteiger partial charge in [-0.2, -0.15) is 0 Å². The molecule has 100 valence electrons. The molecule has 2 N–H and O–H groups in total. The normalized spacial score (nSPS) is 10.3. The van der Waals surface area contributed by atoms with Gasteiger partial charge in [0.15, 0.2) is 0 Å². The highest BCUT2D eigenvalue weighted by Crippen LogP contribution is 2.31. The van der Waals surface area contributed by atoms with Gasteiger partial charge in [0.25, 0.3) is 5.91 Å². The fraction of sp³-hybridized carbons (Fsp3) is 0.154. The first-order valence-corrected chi connectivity index (χ1v) is 6.75. The SMILES string of the molecule is COc1ccsc1C(=O)N(C)c1cc(Cl)ccc1N. The number of methoxy groups -OCH3 is 1. The third kappa shape index (κ3) is 2.67. The molecule has 0 unspecified atom stereocenters. The molecule has 0 fully saturated rings. The molecule has 1 amide bonds. The van der Waals surface area contributed by atoms with Crippen molar-refractivity contribution >= 4 is 40.2 Å². The maximum Gasteiger partial charge on any atom is 0.271 e. The van der Waals surface area contributed by atoms with Crippen LogP contribution in [0, 0.1) is 0 Å². The Morgan fingerprint density at radius 2 is 2.16 bits per heavy atom. The lowest BCUT2D eigenvalue weighted by Gasteiger charge is -2.19. The molecule has 0 saturated heterocycles. The van der Waals surface area contributed by atoms with E-state index in [0.717, 1.165) is 0 Å². The van der Waals surface area contributed by atoms with E-state index < -0.39 is 0 Å². The Kier molecular flexibility index (Phi) is 3.97. The molecular formula is C13H13ClN2O2S. The Morgan fingerprint density at radius 1 is 1.42 bits per heavy atom. The monoisotopic (exact) mass is 296 g/mol. The number of nitrogens with two attached hydrogens (primary N) is 1. The van der Waals surface area contributed by atoms with Crippen molar-refractivity contribution in [1.82, 2.24) is 0 Å². The summed E-state index contributed by atoms with van der Waals surface area (Å²) in [6, 6.07) is 6.78. The Morgan fingerprint density at radius 3 is 2.84 bits per heavy atom. The maximum absolute atomic E-state index is 12.4. The number of amides is 1. The van der Waals surface area contributed by atoms with Crippen LogP contribution in [0.5, 0.6) is 5.75 Å². The smallest absolute Gasteiger partial charge is 0.271 e. The van der Waals surface area contributed by atoms with Gasteiger partial charge in [-0.05, 0) is 29.6 Å². The van der Waals surface area contributed by atoms with Crippen molar-refractivity contribution in [3.8, 4) is 5.75 Å². The van der Waals surface area contributed by atoms with Crippen LogP contribution in [0.25, 0.3) is 0 Å². The number of carbonyl (C=O) groups is 1. The molecule has 4 nitrogen and oxygen atoms in total. The summed E-state index contributed by atoms with van der Waals surface area (Å²) in [7, 11) is 3.19. The number of rotatable bonds is 3. The van der Waals surface area contributed by atoms with Crippen LogP contribution in [0.15, 0.2) is 29.6 Å². The van der Waals surface area contributed by atoms with Crippen LogP contribution >= 0.6 is 22.9 Å². The van der Waals surface area contributed by atoms with Crippen LogP contribution in [-0.2, 0) is 0 Å². The molecule has 0 saturated carbocycles. The minimum atomic E-state index is -0.180. The minimum absolute atomic E-state index is 0.180. The Balaban J connectivity index is 2.36. The van der Waals surface area contributed by atoms with Gasteiger partial charge < -0.3 is 15.4 Å². The zero-order chi connectivity index (χ0) is 14.0. The van der Waals surface area contributed by atoms with Crippen LogP contribution in [0.3, 0.4) is 0 Å². The van der Waals surface area contributed by atoms with E-state index in [1.807, 2.05) is 0 Å². The van der Waals surface area contributed by atoms with E-state index in [1.165, 1.54) is 23.3 Å². The number of carbonyl (C=O) groups excluding carboxylic acids is 1. The standard InChI is InChI=1S/C13H13ClN2O2S/c1-16(10-7-8(14)3-4-9(10)15)13(17)12-11(18-2)5-6-19-12/h3-7H,15H2,1-2H3. The molecule has 0 aliphatic heterocycles. The summed E-state index contributed by atoms with van der Waals surface area (Å²) in [5, 5.41) is 2.34. The summed E-state index contributed by atoms with van der Waals surface area (Å²) in [5.74, 6) is 0.378. The van der Waals surface area contributed by atoms with E-state index in [9.17, 15) is 4.79 Å². The molecule has 0 spiro atoms. The zero-order valence-electron chi connectivity index (χ0n) is 10.5. The van der Waals surface area contributed by atoms with Crippen molar-refractivity contribution in [3.63, 3.8) is 0 Å². The van der Waals surface area contributed by atoms with Crippen LogP contribution in [0.2, 0.25) is 5.02 Å². The predicted molar refractivity (Wildman–Crippen MR) is 79.5 cm³/mol. The number of anilines is 2. The molecule has 1 heterocycles. The summed E-state index contributed by atoms with van der Waals surface area (Å²) >= 11 is 7.26. The fourth-order valence-electron chi connectivity index (χ4n) is 1.68. The van der Waals surface area contributed by atoms with Crippen molar-refractivity contribution in [2.24, 2.45) is 0 Å². The van der Waals surface area contributed by atoms with Crippen LogP contribution < -0.4 is 15.4 Å². The average molecular weight is 297 g/mol. The lowest BCUT2D eigenvalue weighted by atomic mass is 10.2. The van der Waals surface area contributed by atoms with E-state index in [-0.39, 0.29) is 5.91 Å². The lowest BCUT2D eigenvalue weighted by Crippen LogP contribution is -2.26. The van der Waals surface area contributed by atoms with Gasteiger partial charge in [0.2, 0.25) is 0 Å². The fourth-order valence-corrected chi connectivity index (χ4v) is 2.68. The van der Waals surface area contributed by atoms with Crippen molar-refractivity contribution in [2.45, 2.75) is 0 Å². The van der Waals surface area contributed by atoms with Gasteiger partial charge in [-0.25, -0.2) is 0 Å². The third-order valence-electron chi connectivity index (χ3n) is 2.70. The molecule has 19 heavy (non-hydrogen) atoms. The molecule has 6 heteroatoms. The van der Waals surface area contributed by atoms with E-state index in [0.29, 0.717) is 27.0 Å². The number of nitrogens with zero attached hydrogens (tertiary/aromatic N) is 1. The number of nitrogen functional groups attached to an aromatic ring is 1. The van der Waals surface area contributed by atoms with Gasteiger partial charge in [0.05, 0.1) is 18.5 Å². The van der Waals surface area contributed by atoms with Crippen molar-refractivity contribution in [3.05, 3.63) is 39.5 Å². The highest BCUT2D eigenvalue weighted by molar-refractivity contribution is 7.12. The number of halogens is 1. The third-order valence-corrected chi connectivity index (χ3v) is 3.82. The highest BCUT2D eigenvalue weighted by atomic mass is 35.5. The van der Waals surface area contributed by atoms with E-state index in [1.54, 1.807) is 36.7 Å². The summed E-state index contributed by atoms with van der Waals surface area (Å²) in [5.41, 5.74) is 6.94. The second-order valence-corrected chi connectivity index (χ2v) is 5.24. The first kappa shape index (κ1) is 13.7. The molecule has 1 aromatic heterocycles. The molecule has 1 aromatic carbocycles. The summed E-state index contributed by atoms with van der Waals surface area (Å²) in [6.07, 6.45) is 0. The van der Waals surface area contributed by atoms with Gasteiger partial charge >= 0.3 is 0 Å². The molecule has 0 radical (unpaired) electrons. The van der Waals surface area contributed by atoms with E-state index in [2.05, 4.69) is 0 Å². The second kappa shape index (κ2) is 5.50. The average Bonchev–Trinajstić information content (AvgIpc) is 2.88. The second-order valence-electron chi connectivity index (χ2n) is 3.89. The topological polar surface area (TPSA) is 55.6 Å². The molecular weight excluding hydrogens is 284 g/mol. The van der Waals surface area contributed by atoms with E-state index >= 15 is 0 Å². The number of benzene rings is 1. The summed E-state index contributed by atoms with van der Waals surface area (Å²) < 4.78 is 5.15. The van der Waals surface area contributed by atoms with E-state index in [4.69, 9.17) is 22.1 Å². The van der Waals surface area contributed by atoms with Crippen LogP contribution in [0.4, 0.5) is 11.4 Å². The Hall–Kier alpha value is -1.72. The van der Waals surface area contributed by atoms with Crippen molar-refractivity contribution in [1.29, 1.82) is 0 Å². The maximum atomic E-state index is 12.4. The Bertz CT molecular complexity index is 612. The van der Waals surface area contributed by atoms with Gasteiger partial charge in [-0.15, -0.1) is 11.3 Å². The first-order valence-electron chi connectivity index (χ1n) is 5.49.